The predicted octanol–water partition coefficient (Wildman–Crippen LogP) is 1.64. The van der Waals surface area contributed by atoms with Crippen molar-refractivity contribution in [2.75, 3.05) is 11.5 Å². The number of nitrogens with two attached hydrogens (primary N) is 1. The number of rotatable bonds is 4. The summed E-state index contributed by atoms with van der Waals surface area (Å²) in [5.74, 6) is 0.255. The molecule has 120 valence electrons. The molecule has 23 heavy (non-hydrogen) atoms. The summed E-state index contributed by atoms with van der Waals surface area (Å²) in [7, 11) is 0. The molecule has 0 radical (unpaired) electrons. The Morgan fingerprint density at radius 1 is 1.43 bits per heavy atom. The van der Waals surface area contributed by atoms with Gasteiger partial charge in [-0.1, -0.05) is 36.0 Å². The molecular weight excluding hydrogens is 312 g/mol. The second-order valence-electron chi connectivity index (χ2n) is 5.48. The third-order valence-corrected chi connectivity index (χ3v) is 4.66. The van der Waals surface area contributed by atoms with Crippen LogP contribution in [0.5, 0.6) is 0 Å². The van der Waals surface area contributed by atoms with Crippen LogP contribution in [0.25, 0.3) is 0 Å². The largest absolute Gasteiger partial charge is 0.383 e. The zero-order valence-corrected chi connectivity index (χ0v) is 13.4. The fourth-order valence-electron chi connectivity index (χ4n) is 2.80. The van der Waals surface area contributed by atoms with E-state index in [0.29, 0.717) is 5.16 Å². The van der Waals surface area contributed by atoms with E-state index in [1.807, 2.05) is 12.1 Å². The minimum Gasteiger partial charge on any atom is -0.383 e. The van der Waals surface area contributed by atoms with Crippen LogP contribution < -0.4 is 16.6 Å². The number of carbonyl (C=O) groups is 1. The molecular formula is C16H18N4O2S. The van der Waals surface area contributed by atoms with Crippen molar-refractivity contribution in [3.63, 3.8) is 0 Å². The van der Waals surface area contributed by atoms with Crippen molar-refractivity contribution in [2.24, 2.45) is 0 Å². The number of hydrogen-bond donors (Lipinski definition) is 3. The van der Waals surface area contributed by atoms with Gasteiger partial charge in [-0.2, -0.15) is 0 Å². The first kappa shape index (κ1) is 15.6. The second-order valence-corrected chi connectivity index (χ2v) is 6.44. The molecule has 3 rings (SSSR count). The fourth-order valence-corrected chi connectivity index (χ4v) is 3.49. The van der Waals surface area contributed by atoms with Gasteiger partial charge in [0.05, 0.1) is 11.8 Å². The number of nitrogens with zero attached hydrogens (tertiary/aromatic N) is 1. The van der Waals surface area contributed by atoms with Crippen molar-refractivity contribution >= 4 is 23.5 Å². The number of aryl methyl sites for hydroxylation is 1. The molecule has 0 spiro atoms. The molecule has 1 heterocycles. The summed E-state index contributed by atoms with van der Waals surface area (Å²) in [5.41, 5.74) is 7.71. The number of nitrogens with one attached hydrogen (secondary N) is 2. The van der Waals surface area contributed by atoms with Crippen LogP contribution in [0.4, 0.5) is 5.82 Å². The van der Waals surface area contributed by atoms with E-state index in [0.717, 1.165) is 19.3 Å². The lowest BCUT2D eigenvalue weighted by atomic mass is 9.88. The quantitative estimate of drug-likeness (QED) is 0.584. The summed E-state index contributed by atoms with van der Waals surface area (Å²) < 4.78 is 0. The van der Waals surface area contributed by atoms with Gasteiger partial charge in [0.2, 0.25) is 5.91 Å². The van der Waals surface area contributed by atoms with Gasteiger partial charge in [0, 0.05) is 6.07 Å². The molecule has 1 aliphatic rings. The van der Waals surface area contributed by atoms with E-state index in [4.69, 9.17) is 5.73 Å². The Morgan fingerprint density at radius 3 is 3.09 bits per heavy atom. The molecule has 1 aromatic carbocycles. The highest BCUT2D eigenvalue weighted by Crippen LogP contribution is 2.29. The van der Waals surface area contributed by atoms with Gasteiger partial charge in [-0.05, 0) is 30.4 Å². The Morgan fingerprint density at radius 2 is 2.26 bits per heavy atom. The molecule has 1 aliphatic carbocycles. The summed E-state index contributed by atoms with van der Waals surface area (Å²) in [4.78, 5) is 30.1. The summed E-state index contributed by atoms with van der Waals surface area (Å²) in [6, 6.07) is 9.48. The number of thioether (sulfide) groups is 1. The van der Waals surface area contributed by atoms with Crippen molar-refractivity contribution < 1.29 is 4.79 Å². The maximum Gasteiger partial charge on any atom is 0.253 e. The number of amides is 1. The van der Waals surface area contributed by atoms with Gasteiger partial charge in [-0.25, -0.2) is 4.98 Å². The Balaban J connectivity index is 1.61. The van der Waals surface area contributed by atoms with Crippen molar-refractivity contribution in [1.29, 1.82) is 0 Å². The number of anilines is 1. The number of fused-ring (bicyclic) bond motifs is 1. The molecule has 1 atom stereocenters. The van der Waals surface area contributed by atoms with E-state index in [1.54, 1.807) is 0 Å². The highest BCUT2D eigenvalue weighted by molar-refractivity contribution is 7.99. The van der Waals surface area contributed by atoms with E-state index in [1.165, 1.54) is 29.0 Å². The molecule has 0 saturated heterocycles. The van der Waals surface area contributed by atoms with Crippen LogP contribution in [-0.2, 0) is 11.2 Å². The summed E-state index contributed by atoms with van der Waals surface area (Å²) in [6.45, 7) is 0. The summed E-state index contributed by atoms with van der Waals surface area (Å²) in [5, 5.41) is 3.42. The van der Waals surface area contributed by atoms with E-state index < -0.39 is 0 Å². The number of aromatic amines is 1. The fraction of sp³-hybridized carbons (Fsp3) is 0.312. The van der Waals surface area contributed by atoms with Gasteiger partial charge >= 0.3 is 0 Å². The third kappa shape index (κ3) is 3.92. The zero-order valence-electron chi connectivity index (χ0n) is 12.5. The molecule has 2 aromatic rings. The van der Waals surface area contributed by atoms with Crippen molar-refractivity contribution in [3.8, 4) is 0 Å². The first-order valence-electron chi connectivity index (χ1n) is 7.48. The molecule has 6 nitrogen and oxygen atoms in total. The van der Waals surface area contributed by atoms with Crippen LogP contribution in [0.3, 0.4) is 0 Å². The van der Waals surface area contributed by atoms with Crippen molar-refractivity contribution in [3.05, 3.63) is 51.8 Å². The topological polar surface area (TPSA) is 101 Å². The number of benzene rings is 1. The first-order chi connectivity index (χ1) is 11.1. The number of nitrogen functional groups attached to an aromatic ring is 1. The summed E-state index contributed by atoms with van der Waals surface area (Å²) >= 11 is 1.17. The molecule has 7 heteroatoms. The predicted molar refractivity (Wildman–Crippen MR) is 90.3 cm³/mol. The lowest BCUT2D eigenvalue weighted by molar-refractivity contribution is -0.119. The molecule has 0 fully saturated rings. The lowest BCUT2D eigenvalue weighted by Gasteiger charge is -2.26. The van der Waals surface area contributed by atoms with E-state index in [2.05, 4.69) is 27.4 Å². The maximum absolute atomic E-state index is 12.2. The number of H-pyrrole nitrogens is 1. The van der Waals surface area contributed by atoms with Crippen molar-refractivity contribution in [1.82, 2.24) is 15.3 Å². The van der Waals surface area contributed by atoms with Crippen LogP contribution in [0.2, 0.25) is 0 Å². The Hall–Kier alpha value is -2.28. The third-order valence-electron chi connectivity index (χ3n) is 3.78. The monoisotopic (exact) mass is 330 g/mol. The SMILES string of the molecule is Nc1cc(=O)[nH]c(SCC(=O)N[C@H]2CCCc3ccccc32)n1. The van der Waals surface area contributed by atoms with Gasteiger partial charge in [-0.3, -0.25) is 9.59 Å². The standard InChI is InChI=1S/C16H18N4O2S/c17-13-8-14(21)20-16(19-13)23-9-15(22)18-12-7-3-5-10-4-1-2-6-11(10)12/h1-2,4,6,8,12H,3,5,7,9H2,(H,18,22)(H3,17,19,20,21)/t12-/m0/s1. The van der Waals surface area contributed by atoms with Gasteiger partial charge < -0.3 is 16.0 Å². The van der Waals surface area contributed by atoms with Crippen LogP contribution in [0.1, 0.15) is 30.0 Å². The van der Waals surface area contributed by atoms with Gasteiger partial charge in [0.25, 0.3) is 5.56 Å². The van der Waals surface area contributed by atoms with Gasteiger partial charge in [0.1, 0.15) is 5.82 Å². The van der Waals surface area contributed by atoms with Crippen molar-refractivity contribution in [2.45, 2.75) is 30.5 Å². The zero-order chi connectivity index (χ0) is 16.2. The molecule has 1 aromatic heterocycles. The second kappa shape index (κ2) is 6.87. The van der Waals surface area contributed by atoms with Gasteiger partial charge in [0.15, 0.2) is 5.16 Å². The normalized spacial score (nSPS) is 16.6. The first-order valence-corrected chi connectivity index (χ1v) is 8.47. The van der Waals surface area contributed by atoms with Crippen LogP contribution in [0, 0.1) is 0 Å². The van der Waals surface area contributed by atoms with Crippen LogP contribution >= 0.6 is 11.8 Å². The van der Waals surface area contributed by atoms with Crippen LogP contribution in [-0.4, -0.2) is 21.6 Å². The van der Waals surface area contributed by atoms with E-state index in [-0.39, 0.29) is 29.1 Å². The minimum atomic E-state index is -0.318. The Kier molecular flexibility index (Phi) is 4.66. The van der Waals surface area contributed by atoms with E-state index >= 15 is 0 Å². The number of aromatic nitrogens is 2. The lowest BCUT2D eigenvalue weighted by Crippen LogP contribution is -2.32. The molecule has 0 unspecified atom stereocenters. The average molecular weight is 330 g/mol. The number of hydrogen-bond acceptors (Lipinski definition) is 5. The minimum absolute atomic E-state index is 0.0564. The maximum atomic E-state index is 12.2. The molecule has 0 aliphatic heterocycles. The summed E-state index contributed by atoms with van der Waals surface area (Å²) in [6.07, 6.45) is 3.08. The van der Waals surface area contributed by atoms with Crippen LogP contribution in [0.15, 0.2) is 40.3 Å². The average Bonchev–Trinajstić information content (AvgIpc) is 2.52. The molecule has 1 amide bonds. The highest BCUT2D eigenvalue weighted by atomic mass is 32.2. The van der Waals surface area contributed by atoms with Gasteiger partial charge in [-0.15, -0.1) is 0 Å². The van der Waals surface area contributed by atoms with E-state index in [9.17, 15) is 9.59 Å². The highest BCUT2D eigenvalue weighted by Gasteiger charge is 2.21. The smallest absolute Gasteiger partial charge is 0.253 e. The molecule has 4 N–H and O–H groups in total. The molecule has 0 saturated carbocycles. The number of carbonyl (C=O) groups excluding carboxylic acids is 1. The molecule has 0 bridgehead atoms. The Bertz CT molecular complexity index is 775. The Labute approximate surface area is 137 Å².